The van der Waals surface area contributed by atoms with E-state index in [4.69, 9.17) is 0 Å². The van der Waals surface area contributed by atoms with Gasteiger partial charge in [0, 0.05) is 23.7 Å². The Labute approximate surface area is 141 Å². The Hall–Kier alpha value is -1.82. The zero-order chi connectivity index (χ0) is 15.9. The largest absolute Gasteiger partial charge is 0.355 e. The van der Waals surface area contributed by atoms with E-state index in [2.05, 4.69) is 40.4 Å². The SMILES string of the molecule is O=C(NCCSc1ccccc1)C1CNNC1c1ccccc1. The monoisotopic (exact) mass is 327 g/mol. The Balaban J connectivity index is 1.48. The van der Waals surface area contributed by atoms with E-state index < -0.39 is 0 Å². The smallest absolute Gasteiger partial charge is 0.226 e. The van der Waals surface area contributed by atoms with Gasteiger partial charge in [0.05, 0.1) is 12.0 Å². The maximum atomic E-state index is 12.4. The van der Waals surface area contributed by atoms with Crippen molar-refractivity contribution in [2.75, 3.05) is 18.8 Å². The molecule has 2 unspecified atom stereocenters. The van der Waals surface area contributed by atoms with Crippen molar-refractivity contribution in [2.24, 2.45) is 5.92 Å². The van der Waals surface area contributed by atoms with Crippen molar-refractivity contribution >= 4 is 17.7 Å². The number of hydrazine groups is 1. The highest BCUT2D eigenvalue weighted by atomic mass is 32.2. The van der Waals surface area contributed by atoms with E-state index in [0.717, 1.165) is 11.3 Å². The molecule has 2 atom stereocenters. The Morgan fingerprint density at radius 3 is 2.52 bits per heavy atom. The van der Waals surface area contributed by atoms with Crippen LogP contribution in [0, 0.1) is 5.92 Å². The van der Waals surface area contributed by atoms with Crippen molar-refractivity contribution in [3.63, 3.8) is 0 Å². The molecule has 23 heavy (non-hydrogen) atoms. The third kappa shape index (κ3) is 4.34. The fourth-order valence-corrected chi connectivity index (χ4v) is 3.50. The van der Waals surface area contributed by atoms with Gasteiger partial charge < -0.3 is 5.32 Å². The lowest BCUT2D eigenvalue weighted by Gasteiger charge is -2.18. The number of amides is 1. The van der Waals surface area contributed by atoms with Gasteiger partial charge in [-0.15, -0.1) is 11.8 Å². The molecule has 3 rings (SSSR count). The van der Waals surface area contributed by atoms with Crippen molar-refractivity contribution in [3.8, 4) is 0 Å². The van der Waals surface area contributed by atoms with Crippen LogP contribution in [0.4, 0.5) is 0 Å². The molecule has 2 aromatic carbocycles. The molecule has 1 heterocycles. The van der Waals surface area contributed by atoms with E-state index in [1.807, 2.05) is 36.4 Å². The number of hydrogen-bond donors (Lipinski definition) is 3. The third-order valence-electron chi connectivity index (χ3n) is 3.89. The minimum atomic E-state index is -0.0841. The van der Waals surface area contributed by atoms with E-state index in [0.29, 0.717) is 13.1 Å². The summed E-state index contributed by atoms with van der Waals surface area (Å²) in [5.41, 5.74) is 7.44. The lowest BCUT2D eigenvalue weighted by molar-refractivity contribution is -0.124. The highest BCUT2D eigenvalue weighted by Gasteiger charge is 2.33. The number of hydrogen-bond acceptors (Lipinski definition) is 4. The first-order valence-corrected chi connectivity index (χ1v) is 8.82. The van der Waals surface area contributed by atoms with Gasteiger partial charge in [-0.1, -0.05) is 48.5 Å². The molecule has 4 nitrogen and oxygen atoms in total. The molecule has 0 bridgehead atoms. The summed E-state index contributed by atoms with van der Waals surface area (Å²) < 4.78 is 0. The molecule has 0 aromatic heterocycles. The predicted molar refractivity (Wildman–Crippen MR) is 94.0 cm³/mol. The molecule has 2 aromatic rings. The topological polar surface area (TPSA) is 53.2 Å². The molecule has 120 valence electrons. The standard InChI is InChI=1S/C18H21N3OS/c22-18(19-11-12-23-15-9-5-2-6-10-15)16-13-20-21-17(16)14-7-3-1-4-8-14/h1-10,16-17,20-21H,11-13H2,(H,19,22). The number of benzene rings is 2. The summed E-state index contributed by atoms with van der Waals surface area (Å²) >= 11 is 1.76. The Morgan fingerprint density at radius 2 is 1.78 bits per heavy atom. The molecule has 0 saturated carbocycles. The summed E-state index contributed by atoms with van der Waals surface area (Å²) in [6.07, 6.45) is 0. The lowest BCUT2D eigenvalue weighted by Crippen LogP contribution is -2.36. The molecule has 0 aliphatic carbocycles. The highest BCUT2D eigenvalue weighted by Crippen LogP contribution is 2.24. The number of carbonyl (C=O) groups is 1. The van der Waals surface area contributed by atoms with Gasteiger partial charge in [-0.2, -0.15) is 0 Å². The summed E-state index contributed by atoms with van der Waals surface area (Å²) in [4.78, 5) is 13.7. The van der Waals surface area contributed by atoms with Crippen molar-refractivity contribution in [2.45, 2.75) is 10.9 Å². The van der Waals surface area contributed by atoms with Crippen LogP contribution in [0.15, 0.2) is 65.6 Å². The molecular formula is C18H21N3OS. The number of rotatable bonds is 6. The molecule has 1 aliphatic rings. The first-order valence-electron chi connectivity index (χ1n) is 7.83. The fourth-order valence-electron chi connectivity index (χ4n) is 2.71. The average Bonchev–Trinajstić information content (AvgIpc) is 3.10. The molecule has 0 spiro atoms. The molecule has 1 saturated heterocycles. The third-order valence-corrected chi connectivity index (χ3v) is 4.90. The number of carbonyl (C=O) groups excluding carboxylic acids is 1. The van der Waals surface area contributed by atoms with Crippen LogP contribution in [-0.2, 0) is 4.79 Å². The van der Waals surface area contributed by atoms with Crippen LogP contribution in [0.25, 0.3) is 0 Å². The first kappa shape index (κ1) is 16.1. The summed E-state index contributed by atoms with van der Waals surface area (Å²) in [7, 11) is 0. The molecule has 5 heteroatoms. The second kappa shape index (κ2) is 8.15. The quantitative estimate of drug-likeness (QED) is 0.563. The minimum Gasteiger partial charge on any atom is -0.355 e. The Kier molecular flexibility index (Phi) is 5.69. The van der Waals surface area contributed by atoms with Gasteiger partial charge in [0.15, 0.2) is 0 Å². The molecule has 3 N–H and O–H groups in total. The second-order valence-electron chi connectivity index (χ2n) is 5.47. The zero-order valence-corrected chi connectivity index (χ0v) is 13.7. The van der Waals surface area contributed by atoms with Gasteiger partial charge in [0.1, 0.15) is 0 Å². The average molecular weight is 327 g/mol. The maximum absolute atomic E-state index is 12.4. The van der Waals surface area contributed by atoms with Gasteiger partial charge in [-0.25, -0.2) is 5.43 Å². The normalized spacial score (nSPS) is 20.3. The van der Waals surface area contributed by atoms with E-state index >= 15 is 0 Å². The van der Waals surface area contributed by atoms with Gasteiger partial charge in [-0.3, -0.25) is 10.2 Å². The fraction of sp³-hybridized carbons (Fsp3) is 0.278. The van der Waals surface area contributed by atoms with Crippen LogP contribution in [0.5, 0.6) is 0 Å². The van der Waals surface area contributed by atoms with Gasteiger partial charge in [0.2, 0.25) is 5.91 Å². The second-order valence-corrected chi connectivity index (χ2v) is 6.64. The van der Waals surface area contributed by atoms with Crippen molar-refractivity contribution in [1.82, 2.24) is 16.2 Å². The minimum absolute atomic E-state index is 0.0259. The van der Waals surface area contributed by atoms with Gasteiger partial charge in [0.25, 0.3) is 0 Å². The van der Waals surface area contributed by atoms with E-state index in [1.165, 1.54) is 4.90 Å². The Morgan fingerprint density at radius 1 is 1.09 bits per heavy atom. The summed E-state index contributed by atoms with van der Waals surface area (Å²) in [6, 6.07) is 20.4. The van der Waals surface area contributed by atoms with Crippen LogP contribution in [0.3, 0.4) is 0 Å². The lowest BCUT2D eigenvalue weighted by atomic mass is 9.94. The molecule has 1 fully saturated rings. The summed E-state index contributed by atoms with van der Waals surface area (Å²) in [5.74, 6) is 0.892. The summed E-state index contributed by atoms with van der Waals surface area (Å²) in [5, 5.41) is 3.05. The number of thioether (sulfide) groups is 1. The van der Waals surface area contributed by atoms with Crippen LogP contribution in [0.1, 0.15) is 11.6 Å². The van der Waals surface area contributed by atoms with Crippen molar-refractivity contribution in [3.05, 3.63) is 66.2 Å². The van der Waals surface area contributed by atoms with Gasteiger partial charge in [-0.05, 0) is 17.7 Å². The highest BCUT2D eigenvalue weighted by molar-refractivity contribution is 7.99. The predicted octanol–water partition coefficient (Wildman–Crippen LogP) is 2.36. The van der Waals surface area contributed by atoms with Crippen LogP contribution < -0.4 is 16.2 Å². The van der Waals surface area contributed by atoms with E-state index in [9.17, 15) is 4.79 Å². The van der Waals surface area contributed by atoms with Crippen LogP contribution in [-0.4, -0.2) is 24.7 Å². The molecule has 1 amide bonds. The van der Waals surface area contributed by atoms with E-state index in [-0.39, 0.29) is 17.9 Å². The maximum Gasteiger partial charge on any atom is 0.226 e. The van der Waals surface area contributed by atoms with Gasteiger partial charge >= 0.3 is 0 Å². The summed E-state index contributed by atoms with van der Waals surface area (Å²) in [6.45, 7) is 1.33. The van der Waals surface area contributed by atoms with E-state index in [1.54, 1.807) is 11.8 Å². The number of nitrogens with one attached hydrogen (secondary N) is 3. The molecular weight excluding hydrogens is 306 g/mol. The van der Waals surface area contributed by atoms with Crippen molar-refractivity contribution < 1.29 is 4.79 Å². The molecule has 1 aliphatic heterocycles. The zero-order valence-electron chi connectivity index (χ0n) is 12.9. The molecule has 0 radical (unpaired) electrons. The van der Waals surface area contributed by atoms with Crippen LogP contribution >= 0.6 is 11.8 Å². The first-order chi connectivity index (χ1) is 11.3. The van der Waals surface area contributed by atoms with Crippen LogP contribution in [0.2, 0.25) is 0 Å². The van der Waals surface area contributed by atoms with Crippen molar-refractivity contribution in [1.29, 1.82) is 0 Å². The Bertz CT molecular complexity index is 621.